The van der Waals surface area contributed by atoms with Crippen molar-refractivity contribution in [1.82, 2.24) is 5.32 Å². The Balaban J connectivity index is 1.81. The molecule has 1 saturated carbocycles. The highest BCUT2D eigenvalue weighted by atomic mass is 16.5. The molecule has 0 aliphatic heterocycles. The fourth-order valence-corrected chi connectivity index (χ4v) is 1.49. The number of rotatable bonds is 9. The molecule has 2 N–H and O–H groups in total. The molecule has 1 rings (SSSR count). The zero-order chi connectivity index (χ0) is 11.1. The molecule has 0 spiro atoms. The zero-order valence-corrected chi connectivity index (χ0v) is 10.1. The van der Waals surface area contributed by atoms with E-state index in [0.29, 0.717) is 6.61 Å². The lowest BCUT2D eigenvalue weighted by Crippen LogP contribution is -2.29. The molecule has 3 heteroatoms. The van der Waals surface area contributed by atoms with Crippen molar-refractivity contribution < 1.29 is 9.84 Å². The summed E-state index contributed by atoms with van der Waals surface area (Å²) in [6.07, 6.45) is 3.48. The van der Waals surface area contributed by atoms with Gasteiger partial charge in [-0.1, -0.05) is 13.8 Å². The van der Waals surface area contributed by atoms with Gasteiger partial charge in [0.05, 0.1) is 6.61 Å². The molecule has 0 unspecified atom stereocenters. The summed E-state index contributed by atoms with van der Waals surface area (Å²) in [4.78, 5) is 0. The van der Waals surface area contributed by atoms with Crippen molar-refractivity contribution in [2.75, 3.05) is 32.9 Å². The summed E-state index contributed by atoms with van der Waals surface area (Å²) in [7, 11) is 0. The fraction of sp³-hybridized carbons (Fsp3) is 1.00. The summed E-state index contributed by atoms with van der Waals surface area (Å²) < 4.78 is 5.49. The van der Waals surface area contributed by atoms with Gasteiger partial charge >= 0.3 is 0 Å². The van der Waals surface area contributed by atoms with Crippen LogP contribution in [0.15, 0.2) is 0 Å². The third-order valence-electron chi connectivity index (χ3n) is 3.06. The second kappa shape index (κ2) is 6.46. The monoisotopic (exact) mass is 215 g/mol. The molecule has 0 bridgehead atoms. The first-order valence-electron chi connectivity index (χ1n) is 6.08. The summed E-state index contributed by atoms with van der Waals surface area (Å²) in [6.45, 7) is 8.24. The van der Waals surface area contributed by atoms with E-state index in [1.807, 2.05) is 0 Å². The van der Waals surface area contributed by atoms with Crippen molar-refractivity contribution in [3.63, 3.8) is 0 Å². The van der Waals surface area contributed by atoms with Crippen LogP contribution in [0.25, 0.3) is 0 Å². The Bertz CT molecular complexity index is 167. The van der Waals surface area contributed by atoms with Gasteiger partial charge in [0, 0.05) is 31.7 Å². The van der Waals surface area contributed by atoms with Crippen molar-refractivity contribution in [1.29, 1.82) is 0 Å². The second-order valence-corrected chi connectivity index (χ2v) is 5.13. The van der Waals surface area contributed by atoms with Crippen LogP contribution in [0.3, 0.4) is 0 Å². The SMILES string of the molecule is CC(C)CCOCCNCC1(CO)CC1. The lowest BCUT2D eigenvalue weighted by atomic mass is 10.1. The molecule has 15 heavy (non-hydrogen) atoms. The quantitative estimate of drug-likeness (QED) is 0.571. The smallest absolute Gasteiger partial charge is 0.0590 e. The molecule has 1 fully saturated rings. The summed E-state index contributed by atoms with van der Waals surface area (Å²) in [5.41, 5.74) is 0.220. The van der Waals surface area contributed by atoms with E-state index in [-0.39, 0.29) is 5.41 Å². The van der Waals surface area contributed by atoms with Crippen LogP contribution in [-0.4, -0.2) is 38.0 Å². The van der Waals surface area contributed by atoms with Crippen LogP contribution in [0, 0.1) is 11.3 Å². The molecule has 1 aliphatic rings. The molecule has 90 valence electrons. The first-order chi connectivity index (χ1) is 7.18. The minimum Gasteiger partial charge on any atom is -0.396 e. The molecule has 0 radical (unpaired) electrons. The van der Waals surface area contributed by atoms with Gasteiger partial charge in [-0.15, -0.1) is 0 Å². The van der Waals surface area contributed by atoms with E-state index in [1.165, 1.54) is 12.8 Å². The van der Waals surface area contributed by atoms with Gasteiger partial charge in [0.25, 0.3) is 0 Å². The maximum Gasteiger partial charge on any atom is 0.0590 e. The Hall–Kier alpha value is -0.120. The molecule has 3 nitrogen and oxygen atoms in total. The van der Waals surface area contributed by atoms with Crippen LogP contribution in [0.2, 0.25) is 0 Å². The van der Waals surface area contributed by atoms with Crippen LogP contribution < -0.4 is 5.32 Å². The van der Waals surface area contributed by atoms with Gasteiger partial charge in [-0.3, -0.25) is 0 Å². The highest BCUT2D eigenvalue weighted by Crippen LogP contribution is 2.44. The Kier molecular flexibility index (Phi) is 5.58. The van der Waals surface area contributed by atoms with Gasteiger partial charge in [-0.2, -0.15) is 0 Å². The lowest BCUT2D eigenvalue weighted by Gasteiger charge is -2.12. The Labute approximate surface area is 93.2 Å². The molecule has 0 saturated heterocycles. The first kappa shape index (κ1) is 12.9. The first-order valence-corrected chi connectivity index (χ1v) is 6.08. The van der Waals surface area contributed by atoms with Gasteiger partial charge < -0.3 is 15.2 Å². The fourth-order valence-electron chi connectivity index (χ4n) is 1.49. The van der Waals surface area contributed by atoms with Crippen molar-refractivity contribution in [2.45, 2.75) is 33.1 Å². The van der Waals surface area contributed by atoms with E-state index in [0.717, 1.165) is 38.6 Å². The normalized spacial score (nSPS) is 18.4. The average molecular weight is 215 g/mol. The number of hydrogen-bond acceptors (Lipinski definition) is 3. The van der Waals surface area contributed by atoms with Crippen molar-refractivity contribution >= 4 is 0 Å². The molecule has 0 amide bonds. The molecular formula is C12H25NO2. The summed E-state index contributed by atoms with van der Waals surface area (Å²) in [6, 6.07) is 0. The second-order valence-electron chi connectivity index (χ2n) is 5.13. The molecule has 1 aliphatic carbocycles. The van der Waals surface area contributed by atoms with Crippen LogP contribution >= 0.6 is 0 Å². The van der Waals surface area contributed by atoms with E-state index >= 15 is 0 Å². The number of aliphatic hydroxyl groups excluding tert-OH is 1. The highest BCUT2D eigenvalue weighted by molar-refractivity contribution is 4.94. The Morgan fingerprint density at radius 1 is 1.33 bits per heavy atom. The predicted octanol–water partition coefficient (Wildman–Crippen LogP) is 1.41. The summed E-state index contributed by atoms with van der Waals surface area (Å²) in [5.74, 6) is 0.724. The third-order valence-corrected chi connectivity index (χ3v) is 3.06. The van der Waals surface area contributed by atoms with Gasteiger partial charge in [-0.25, -0.2) is 0 Å². The Morgan fingerprint density at radius 3 is 2.60 bits per heavy atom. The largest absolute Gasteiger partial charge is 0.396 e. The van der Waals surface area contributed by atoms with Gasteiger partial charge in [-0.05, 0) is 25.2 Å². The van der Waals surface area contributed by atoms with E-state index < -0.39 is 0 Å². The van der Waals surface area contributed by atoms with Crippen LogP contribution in [-0.2, 0) is 4.74 Å². The maximum atomic E-state index is 9.09. The molecular weight excluding hydrogens is 190 g/mol. The van der Waals surface area contributed by atoms with E-state index in [1.54, 1.807) is 0 Å². The summed E-state index contributed by atoms with van der Waals surface area (Å²) >= 11 is 0. The van der Waals surface area contributed by atoms with E-state index in [2.05, 4.69) is 19.2 Å². The van der Waals surface area contributed by atoms with Gasteiger partial charge in [0.2, 0.25) is 0 Å². The molecule has 0 aromatic heterocycles. The minimum absolute atomic E-state index is 0.220. The van der Waals surface area contributed by atoms with E-state index in [9.17, 15) is 0 Å². The standard InChI is InChI=1S/C12H25NO2/c1-11(2)3-7-15-8-6-13-9-12(10-14)4-5-12/h11,13-14H,3-10H2,1-2H3. The summed E-state index contributed by atoms with van der Waals surface area (Å²) in [5, 5.41) is 12.4. The molecule has 0 heterocycles. The average Bonchev–Trinajstić information content (AvgIpc) is 2.97. The lowest BCUT2D eigenvalue weighted by molar-refractivity contribution is 0.122. The van der Waals surface area contributed by atoms with Crippen molar-refractivity contribution in [2.24, 2.45) is 11.3 Å². The van der Waals surface area contributed by atoms with E-state index in [4.69, 9.17) is 9.84 Å². The van der Waals surface area contributed by atoms with Gasteiger partial charge in [0.15, 0.2) is 0 Å². The minimum atomic E-state index is 0.220. The van der Waals surface area contributed by atoms with Crippen LogP contribution in [0.5, 0.6) is 0 Å². The molecule has 0 aromatic rings. The zero-order valence-electron chi connectivity index (χ0n) is 10.1. The number of aliphatic hydroxyl groups is 1. The van der Waals surface area contributed by atoms with Crippen molar-refractivity contribution in [3.05, 3.63) is 0 Å². The number of nitrogens with one attached hydrogen (secondary N) is 1. The predicted molar refractivity (Wildman–Crippen MR) is 61.9 cm³/mol. The van der Waals surface area contributed by atoms with Crippen LogP contribution in [0.4, 0.5) is 0 Å². The van der Waals surface area contributed by atoms with Crippen LogP contribution in [0.1, 0.15) is 33.1 Å². The third kappa shape index (κ3) is 5.50. The topological polar surface area (TPSA) is 41.5 Å². The molecule has 0 aromatic carbocycles. The van der Waals surface area contributed by atoms with Crippen molar-refractivity contribution in [3.8, 4) is 0 Å². The number of hydrogen-bond donors (Lipinski definition) is 2. The highest BCUT2D eigenvalue weighted by Gasteiger charge is 2.41. The maximum absolute atomic E-state index is 9.09. The Morgan fingerprint density at radius 2 is 2.07 bits per heavy atom. The van der Waals surface area contributed by atoms with Gasteiger partial charge in [0.1, 0.15) is 0 Å². The number of ether oxygens (including phenoxy) is 1. The molecule has 0 atom stereocenters.